The quantitative estimate of drug-likeness (QED) is 0.729. The Hall–Kier alpha value is -3.13. The largest absolute Gasteiger partial charge is 0.506 e. The lowest BCUT2D eigenvalue weighted by atomic mass is 10.1. The molecule has 2 aromatic rings. The number of nitrogens with two attached hydrogens (primary N) is 1. The number of carbonyl (C=O) groups excluding carboxylic acids is 2. The van der Waals surface area contributed by atoms with Crippen LogP contribution < -0.4 is 15.8 Å². The van der Waals surface area contributed by atoms with Crippen molar-refractivity contribution in [1.82, 2.24) is 10.3 Å². The molecule has 0 bridgehead atoms. The first-order chi connectivity index (χ1) is 12.5. The zero-order valence-electron chi connectivity index (χ0n) is 13.9. The van der Waals surface area contributed by atoms with Gasteiger partial charge in [0, 0.05) is 12.2 Å². The van der Waals surface area contributed by atoms with Gasteiger partial charge in [0.15, 0.2) is 0 Å². The fourth-order valence-electron chi connectivity index (χ4n) is 2.63. The average molecular weight is 357 g/mol. The molecule has 136 valence electrons. The molecule has 0 radical (unpaired) electrons. The second-order valence-electron chi connectivity index (χ2n) is 5.89. The summed E-state index contributed by atoms with van der Waals surface area (Å²) in [6, 6.07) is 9.04. The molecule has 0 spiro atoms. The Bertz CT molecular complexity index is 776. The number of amides is 2. The third-order valence-corrected chi connectivity index (χ3v) is 4.03. The van der Waals surface area contributed by atoms with Gasteiger partial charge in [0.1, 0.15) is 23.3 Å². The van der Waals surface area contributed by atoms with Crippen LogP contribution in [0.3, 0.4) is 0 Å². The Labute approximate surface area is 149 Å². The molecule has 2 heterocycles. The standard InChI is InChI=1S/C18H19N3O5/c19-17(23)11-1-4-13(5-2-11)26-16-10-25-8-7-14(16)21-18(24)15-6-3-12(22)9-20-15/h1-6,9,14,16,22H,7-8,10H2,(H2,19,23)(H,21,24)/t14-,16-/m1/s1. The van der Waals surface area contributed by atoms with Crippen LogP contribution in [0.25, 0.3) is 0 Å². The molecule has 1 fully saturated rings. The van der Waals surface area contributed by atoms with Gasteiger partial charge in [-0.15, -0.1) is 0 Å². The molecule has 3 rings (SSSR count). The van der Waals surface area contributed by atoms with E-state index in [0.29, 0.717) is 30.9 Å². The van der Waals surface area contributed by atoms with Crippen molar-refractivity contribution in [3.8, 4) is 11.5 Å². The predicted molar refractivity (Wildman–Crippen MR) is 92.0 cm³/mol. The predicted octanol–water partition coefficient (Wildman–Crippen LogP) is 0.852. The molecule has 0 aliphatic carbocycles. The highest BCUT2D eigenvalue weighted by molar-refractivity contribution is 5.93. The summed E-state index contributed by atoms with van der Waals surface area (Å²) >= 11 is 0. The number of rotatable bonds is 5. The molecule has 2 amide bonds. The van der Waals surface area contributed by atoms with Crippen LogP contribution in [0.2, 0.25) is 0 Å². The number of nitrogens with one attached hydrogen (secondary N) is 1. The molecule has 0 saturated carbocycles. The van der Waals surface area contributed by atoms with Gasteiger partial charge in [0.05, 0.1) is 18.8 Å². The van der Waals surface area contributed by atoms with E-state index in [2.05, 4.69) is 10.3 Å². The fourth-order valence-corrected chi connectivity index (χ4v) is 2.63. The summed E-state index contributed by atoms with van der Waals surface area (Å²) in [5.41, 5.74) is 5.82. The molecule has 4 N–H and O–H groups in total. The van der Waals surface area contributed by atoms with Gasteiger partial charge < -0.3 is 25.6 Å². The van der Waals surface area contributed by atoms with Gasteiger partial charge in [-0.1, -0.05) is 0 Å². The van der Waals surface area contributed by atoms with Crippen molar-refractivity contribution in [1.29, 1.82) is 0 Å². The molecule has 1 aliphatic heterocycles. The lowest BCUT2D eigenvalue weighted by Gasteiger charge is -2.32. The van der Waals surface area contributed by atoms with E-state index >= 15 is 0 Å². The zero-order valence-corrected chi connectivity index (χ0v) is 13.9. The smallest absolute Gasteiger partial charge is 0.270 e. The van der Waals surface area contributed by atoms with E-state index in [1.54, 1.807) is 24.3 Å². The third-order valence-electron chi connectivity index (χ3n) is 4.03. The number of ether oxygens (including phenoxy) is 2. The minimum absolute atomic E-state index is 0.00626. The highest BCUT2D eigenvalue weighted by Crippen LogP contribution is 2.19. The summed E-state index contributed by atoms with van der Waals surface area (Å²) < 4.78 is 11.4. The number of benzene rings is 1. The summed E-state index contributed by atoms with van der Waals surface area (Å²) in [6.07, 6.45) is 1.42. The van der Waals surface area contributed by atoms with Gasteiger partial charge in [-0.25, -0.2) is 4.98 Å². The maximum Gasteiger partial charge on any atom is 0.270 e. The summed E-state index contributed by atoms with van der Waals surface area (Å²) in [5.74, 6) is -0.320. The van der Waals surface area contributed by atoms with Crippen molar-refractivity contribution < 1.29 is 24.2 Å². The third kappa shape index (κ3) is 4.28. The van der Waals surface area contributed by atoms with Crippen LogP contribution in [-0.4, -0.2) is 47.3 Å². The second-order valence-corrected chi connectivity index (χ2v) is 5.89. The maximum absolute atomic E-state index is 12.3. The van der Waals surface area contributed by atoms with E-state index in [0.717, 1.165) is 0 Å². The van der Waals surface area contributed by atoms with Crippen LogP contribution in [0.15, 0.2) is 42.6 Å². The topological polar surface area (TPSA) is 124 Å². The van der Waals surface area contributed by atoms with Crippen molar-refractivity contribution in [2.24, 2.45) is 5.73 Å². The Morgan fingerprint density at radius 2 is 2.00 bits per heavy atom. The van der Waals surface area contributed by atoms with Crippen molar-refractivity contribution >= 4 is 11.8 Å². The monoisotopic (exact) mass is 357 g/mol. The number of hydrogen-bond acceptors (Lipinski definition) is 6. The SMILES string of the molecule is NC(=O)c1ccc(O[C@@H]2COCC[C@H]2NC(=O)c2ccc(O)cn2)cc1. The van der Waals surface area contributed by atoms with E-state index in [1.807, 2.05) is 0 Å². The highest BCUT2D eigenvalue weighted by atomic mass is 16.5. The van der Waals surface area contributed by atoms with Crippen LogP contribution in [-0.2, 0) is 4.74 Å². The van der Waals surface area contributed by atoms with Gasteiger partial charge in [-0.3, -0.25) is 9.59 Å². The number of carbonyl (C=O) groups is 2. The first-order valence-electron chi connectivity index (χ1n) is 8.13. The highest BCUT2D eigenvalue weighted by Gasteiger charge is 2.29. The Morgan fingerprint density at radius 1 is 1.23 bits per heavy atom. The van der Waals surface area contributed by atoms with Crippen LogP contribution in [0.5, 0.6) is 11.5 Å². The van der Waals surface area contributed by atoms with E-state index in [-0.39, 0.29) is 29.5 Å². The first-order valence-corrected chi connectivity index (χ1v) is 8.13. The number of aromatic nitrogens is 1. The Morgan fingerprint density at radius 3 is 2.65 bits per heavy atom. The number of nitrogens with zero attached hydrogens (tertiary/aromatic N) is 1. The van der Waals surface area contributed by atoms with E-state index in [9.17, 15) is 14.7 Å². The minimum atomic E-state index is -0.510. The minimum Gasteiger partial charge on any atom is -0.506 e. The first kappa shape index (κ1) is 17.7. The molecule has 2 atom stereocenters. The molecule has 1 aliphatic rings. The molecule has 26 heavy (non-hydrogen) atoms. The Balaban J connectivity index is 1.66. The normalized spacial score (nSPS) is 19.5. The van der Waals surface area contributed by atoms with Crippen LogP contribution >= 0.6 is 0 Å². The summed E-state index contributed by atoms with van der Waals surface area (Å²) in [4.78, 5) is 27.4. The number of pyridine rings is 1. The van der Waals surface area contributed by atoms with Crippen LogP contribution in [0.1, 0.15) is 27.3 Å². The molecule has 8 nitrogen and oxygen atoms in total. The average Bonchev–Trinajstić information content (AvgIpc) is 2.64. The summed E-state index contributed by atoms with van der Waals surface area (Å²) in [7, 11) is 0. The lowest BCUT2D eigenvalue weighted by Crippen LogP contribution is -2.51. The molecule has 0 unspecified atom stereocenters. The molecule has 1 aromatic heterocycles. The van der Waals surface area contributed by atoms with Gasteiger partial charge in [-0.05, 0) is 42.8 Å². The molecule has 8 heteroatoms. The summed E-state index contributed by atoms with van der Waals surface area (Å²) in [6.45, 7) is 0.833. The van der Waals surface area contributed by atoms with Gasteiger partial charge >= 0.3 is 0 Å². The van der Waals surface area contributed by atoms with Crippen molar-refractivity contribution in [2.45, 2.75) is 18.6 Å². The molecule has 1 saturated heterocycles. The van der Waals surface area contributed by atoms with E-state index < -0.39 is 5.91 Å². The van der Waals surface area contributed by atoms with Gasteiger partial charge in [-0.2, -0.15) is 0 Å². The van der Waals surface area contributed by atoms with Crippen molar-refractivity contribution in [3.63, 3.8) is 0 Å². The number of aromatic hydroxyl groups is 1. The van der Waals surface area contributed by atoms with E-state index in [1.165, 1.54) is 18.3 Å². The zero-order chi connectivity index (χ0) is 18.5. The Kier molecular flexibility index (Phi) is 5.33. The molecular weight excluding hydrogens is 338 g/mol. The van der Waals surface area contributed by atoms with Gasteiger partial charge in [0.25, 0.3) is 5.91 Å². The van der Waals surface area contributed by atoms with Crippen LogP contribution in [0, 0.1) is 0 Å². The molecule has 1 aromatic carbocycles. The fraction of sp³-hybridized carbons (Fsp3) is 0.278. The van der Waals surface area contributed by atoms with Crippen molar-refractivity contribution in [3.05, 3.63) is 53.9 Å². The second kappa shape index (κ2) is 7.83. The number of primary amides is 1. The summed E-state index contributed by atoms with van der Waals surface area (Å²) in [5, 5.41) is 12.2. The van der Waals surface area contributed by atoms with Crippen molar-refractivity contribution in [2.75, 3.05) is 13.2 Å². The van der Waals surface area contributed by atoms with Gasteiger partial charge in [0.2, 0.25) is 5.91 Å². The maximum atomic E-state index is 12.3. The van der Waals surface area contributed by atoms with E-state index in [4.69, 9.17) is 15.2 Å². The van der Waals surface area contributed by atoms with Crippen LogP contribution in [0.4, 0.5) is 0 Å². The lowest BCUT2D eigenvalue weighted by molar-refractivity contribution is -0.0135. The number of hydrogen-bond donors (Lipinski definition) is 3. The molecular formula is C18H19N3O5.